The molecule has 0 radical (unpaired) electrons. The van der Waals surface area contributed by atoms with Gasteiger partial charge in [0, 0.05) is 11.5 Å². The lowest BCUT2D eigenvalue weighted by Crippen LogP contribution is -2.35. The van der Waals surface area contributed by atoms with Crippen LogP contribution in [-0.4, -0.2) is 37.3 Å². The number of hydrogen-bond acceptors (Lipinski definition) is 4. The van der Waals surface area contributed by atoms with E-state index in [2.05, 4.69) is 21.2 Å². The maximum atomic E-state index is 12.4. The summed E-state index contributed by atoms with van der Waals surface area (Å²) in [7, 11) is -2.45. The molecule has 2 aromatic carbocycles. The van der Waals surface area contributed by atoms with Crippen molar-refractivity contribution in [3.05, 3.63) is 52.5 Å². The zero-order valence-corrected chi connectivity index (χ0v) is 15.6. The molecule has 128 valence electrons. The Morgan fingerprint density at radius 1 is 1.21 bits per heavy atom. The maximum absolute atomic E-state index is 12.4. The molecule has 0 aliphatic heterocycles. The summed E-state index contributed by atoms with van der Waals surface area (Å²) in [6.07, 6.45) is 0. The molecule has 1 amide bonds. The first kappa shape index (κ1) is 18.4. The third-order valence-electron chi connectivity index (χ3n) is 3.31. The molecule has 0 unspecified atom stereocenters. The van der Waals surface area contributed by atoms with Gasteiger partial charge in [0.1, 0.15) is 5.75 Å². The lowest BCUT2D eigenvalue weighted by atomic mass is 10.2. The zero-order chi connectivity index (χ0) is 17.9. The standard InChI is InChI=1S/C16H17BrN2O4S/c1-11-3-8-15(20)14(9-11)18-16(21)10-19(2)24(22,23)13-6-4-12(17)5-7-13/h3-9,20H,10H2,1-2H3,(H,18,21). The number of benzene rings is 2. The summed E-state index contributed by atoms with van der Waals surface area (Å²) in [5.74, 6) is -0.619. The van der Waals surface area contributed by atoms with E-state index in [-0.39, 0.29) is 22.9 Å². The van der Waals surface area contributed by atoms with Gasteiger partial charge in [0.25, 0.3) is 0 Å². The number of phenolic OH excluding ortho intramolecular Hbond substituents is 1. The Labute approximate surface area is 149 Å². The van der Waals surface area contributed by atoms with Crippen molar-refractivity contribution in [2.24, 2.45) is 0 Å². The number of sulfonamides is 1. The van der Waals surface area contributed by atoms with Crippen molar-refractivity contribution in [3.63, 3.8) is 0 Å². The predicted molar refractivity (Wildman–Crippen MR) is 95.4 cm³/mol. The summed E-state index contributed by atoms with van der Waals surface area (Å²) in [6, 6.07) is 10.9. The molecule has 0 spiro atoms. The Bertz CT molecular complexity index is 851. The molecule has 2 aromatic rings. The molecule has 2 rings (SSSR count). The fourth-order valence-electron chi connectivity index (χ4n) is 2.01. The molecule has 2 N–H and O–H groups in total. The van der Waals surface area contributed by atoms with Crippen molar-refractivity contribution in [1.82, 2.24) is 4.31 Å². The lowest BCUT2D eigenvalue weighted by Gasteiger charge is -2.17. The van der Waals surface area contributed by atoms with Crippen LogP contribution in [0.3, 0.4) is 0 Å². The second-order valence-electron chi connectivity index (χ2n) is 5.28. The fourth-order valence-corrected chi connectivity index (χ4v) is 3.40. The van der Waals surface area contributed by atoms with Crippen LogP contribution in [0.2, 0.25) is 0 Å². The van der Waals surface area contributed by atoms with Crippen molar-refractivity contribution in [1.29, 1.82) is 0 Å². The number of rotatable bonds is 5. The molecule has 24 heavy (non-hydrogen) atoms. The Hall–Kier alpha value is -1.90. The third-order valence-corrected chi connectivity index (χ3v) is 5.66. The van der Waals surface area contributed by atoms with E-state index < -0.39 is 15.9 Å². The molecule has 8 heteroatoms. The summed E-state index contributed by atoms with van der Waals surface area (Å²) >= 11 is 3.24. The van der Waals surface area contributed by atoms with Gasteiger partial charge >= 0.3 is 0 Å². The van der Waals surface area contributed by atoms with Crippen molar-refractivity contribution in [2.75, 3.05) is 18.9 Å². The Balaban J connectivity index is 2.10. The first-order valence-corrected chi connectivity index (χ1v) is 9.25. The van der Waals surface area contributed by atoms with Crippen LogP contribution in [0, 0.1) is 6.92 Å². The van der Waals surface area contributed by atoms with Crippen LogP contribution in [0.25, 0.3) is 0 Å². The second-order valence-corrected chi connectivity index (χ2v) is 8.24. The number of anilines is 1. The summed E-state index contributed by atoms with van der Waals surface area (Å²) in [5.41, 5.74) is 1.10. The van der Waals surface area contributed by atoms with Crippen LogP contribution in [0.5, 0.6) is 5.75 Å². The number of aromatic hydroxyl groups is 1. The van der Waals surface area contributed by atoms with Gasteiger partial charge in [-0.1, -0.05) is 22.0 Å². The van der Waals surface area contributed by atoms with Crippen LogP contribution < -0.4 is 5.32 Å². The van der Waals surface area contributed by atoms with E-state index in [1.165, 1.54) is 25.2 Å². The van der Waals surface area contributed by atoms with E-state index in [9.17, 15) is 18.3 Å². The summed E-state index contributed by atoms with van der Waals surface area (Å²) < 4.78 is 26.6. The quantitative estimate of drug-likeness (QED) is 0.739. The number of hydrogen-bond donors (Lipinski definition) is 2. The van der Waals surface area contributed by atoms with Gasteiger partial charge in [-0.25, -0.2) is 8.42 Å². The van der Waals surface area contributed by atoms with Crippen LogP contribution in [0.4, 0.5) is 5.69 Å². The maximum Gasteiger partial charge on any atom is 0.243 e. The minimum Gasteiger partial charge on any atom is -0.506 e. The number of nitrogens with one attached hydrogen (secondary N) is 1. The lowest BCUT2D eigenvalue weighted by molar-refractivity contribution is -0.116. The first-order valence-electron chi connectivity index (χ1n) is 7.01. The minimum absolute atomic E-state index is 0.0765. The SMILES string of the molecule is Cc1ccc(O)c(NC(=O)CN(C)S(=O)(=O)c2ccc(Br)cc2)c1. The smallest absolute Gasteiger partial charge is 0.243 e. The van der Waals surface area contributed by atoms with Gasteiger partial charge in [-0.05, 0) is 48.9 Å². The molecule has 0 bridgehead atoms. The first-order chi connectivity index (χ1) is 11.2. The van der Waals surface area contributed by atoms with Crippen LogP contribution in [0.15, 0.2) is 51.8 Å². The van der Waals surface area contributed by atoms with Crippen LogP contribution in [0.1, 0.15) is 5.56 Å². The van der Waals surface area contributed by atoms with E-state index in [1.807, 2.05) is 6.92 Å². The monoisotopic (exact) mass is 412 g/mol. The zero-order valence-electron chi connectivity index (χ0n) is 13.2. The molecule has 0 aromatic heterocycles. The van der Waals surface area contributed by atoms with E-state index >= 15 is 0 Å². The largest absolute Gasteiger partial charge is 0.506 e. The number of phenols is 1. The van der Waals surface area contributed by atoms with Gasteiger partial charge in [-0.15, -0.1) is 0 Å². The number of halogens is 1. The van der Waals surface area contributed by atoms with Gasteiger partial charge in [-0.3, -0.25) is 4.79 Å². The van der Waals surface area contributed by atoms with Gasteiger partial charge in [0.2, 0.25) is 15.9 Å². The highest BCUT2D eigenvalue weighted by Gasteiger charge is 2.23. The highest BCUT2D eigenvalue weighted by Crippen LogP contribution is 2.24. The molecular weight excluding hydrogens is 396 g/mol. The van der Waals surface area contributed by atoms with E-state index in [4.69, 9.17) is 0 Å². The number of carbonyl (C=O) groups is 1. The molecule has 0 heterocycles. The molecule has 0 saturated carbocycles. The Morgan fingerprint density at radius 3 is 2.46 bits per heavy atom. The topological polar surface area (TPSA) is 86.7 Å². The van der Waals surface area contributed by atoms with Gasteiger partial charge in [0.05, 0.1) is 17.1 Å². The highest BCUT2D eigenvalue weighted by atomic mass is 79.9. The van der Waals surface area contributed by atoms with Crippen molar-refractivity contribution in [2.45, 2.75) is 11.8 Å². The summed E-state index contributed by atoms with van der Waals surface area (Å²) in [5, 5.41) is 12.2. The number of carbonyl (C=O) groups excluding carboxylic acids is 1. The Morgan fingerprint density at radius 2 is 1.83 bits per heavy atom. The molecule has 0 atom stereocenters. The normalized spacial score (nSPS) is 11.5. The second kappa shape index (κ2) is 7.33. The molecule has 0 fully saturated rings. The molecule has 0 saturated heterocycles. The van der Waals surface area contributed by atoms with Crippen molar-refractivity contribution in [3.8, 4) is 5.75 Å². The number of nitrogens with zero attached hydrogens (tertiary/aromatic N) is 1. The molecule has 0 aliphatic carbocycles. The molecular formula is C16H17BrN2O4S. The van der Waals surface area contributed by atoms with Gasteiger partial charge in [0.15, 0.2) is 0 Å². The fraction of sp³-hybridized carbons (Fsp3) is 0.188. The van der Waals surface area contributed by atoms with Crippen molar-refractivity contribution < 1.29 is 18.3 Å². The molecule has 6 nitrogen and oxygen atoms in total. The summed E-state index contributed by atoms with van der Waals surface area (Å²) in [4.78, 5) is 12.2. The molecule has 0 aliphatic rings. The van der Waals surface area contributed by atoms with Gasteiger partial charge < -0.3 is 10.4 Å². The highest BCUT2D eigenvalue weighted by molar-refractivity contribution is 9.10. The summed E-state index contributed by atoms with van der Waals surface area (Å²) in [6.45, 7) is 1.45. The van der Waals surface area contributed by atoms with E-state index in [1.54, 1.807) is 24.3 Å². The predicted octanol–water partition coefficient (Wildman–Crippen LogP) is 2.72. The number of aryl methyl sites for hydroxylation is 1. The average molecular weight is 413 g/mol. The van der Waals surface area contributed by atoms with Gasteiger partial charge in [-0.2, -0.15) is 4.31 Å². The van der Waals surface area contributed by atoms with Crippen LogP contribution >= 0.6 is 15.9 Å². The average Bonchev–Trinajstić information content (AvgIpc) is 2.51. The third kappa shape index (κ3) is 4.34. The van der Waals surface area contributed by atoms with E-state index in [0.29, 0.717) is 0 Å². The number of amides is 1. The Kier molecular flexibility index (Phi) is 5.63. The van der Waals surface area contributed by atoms with Crippen LogP contribution in [-0.2, 0) is 14.8 Å². The van der Waals surface area contributed by atoms with E-state index in [0.717, 1.165) is 14.3 Å². The van der Waals surface area contributed by atoms with Crippen molar-refractivity contribution >= 4 is 37.5 Å². The number of likely N-dealkylation sites (N-methyl/N-ethyl adjacent to an activating group) is 1. The minimum atomic E-state index is -3.77.